The number of halogens is 1. The average molecular weight is 374 g/mol. The molecule has 4 nitrogen and oxygen atoms in total. The second kappa shape index (κ2) is 9.84. The highest BCUT2D eigenvalue weighted by molar-refractivity contribution is 9.10. The Bertz CT molecular complexity index is 464. The van der Waals surface area contributed by atoms with Crippen molar-refractivity contribution in [2.45, 2.75) is 42.8 Å². The van der Waals surface area contributed by atoms with Crippen molar-refractivity contribution < 1.29 is 14.7 Å². The Balaban J connectivity index is 2.17. The molecule has 1 atom stereocenters. The quantitative estimate of drug-likeness (QED) is 0.511. The van der Waals surface area contributed by atoms with Crippen LogP contribution in [0, 0.1) is 0 Å². The molecular weight excluding hydrogens is 354 g/mol. The first-order chi connectivity index (χ1) is 9.97. The number of hydrogen-bond acceptors (Lipinski definition) is 3. The number of carbonyl (C=O) groups is 2. The van der Waals surface area contributed by atoms with Gasteiger partial charge in [0.2, 0.25) is 5.91 Å². The lowest BCUT2D eigenvalue weighted by Gasteiger charge is -2.12. The van der Waals surface area contributed by atoms with Crippen LogP contribution in [-0.2, 0) is 9.59 Å². The molecule has 0 bridgehead atoms. The first-order valence-corrected chi connectivity index (χ1v) is 8.55. The van der Waals surface area contributed by atoms with E-state index < -0.39 is 5.97 Å². The molecule has 0 fully saturated rings. The monoisotopic (exact) mass is 373 g/mol. The third-order valence-corrected chi connectivity index (χ3v) is 4.42. The maximum atomic E-state index is 11.6. The van der Waals surface area contributed by atoms with Crippen LogP contribution >= 0.6 is 27.7 Å². The Kier molecular flexibility index (Phi) is 8.45. The molecule has 1 aromatic rings. The lowest BCUT2D eigenvalue weighted by Crippen LogP contribution is -2.29. The van der Waals surface area contributed by atoms with E-state index in [1.165, 1.54) is 4.90 Å². The van der Waals surface area contributed by atoms with Crippen LogP contribution in [0.1, 0.15) is 32.6 Å². The molecule has 1 aromatic carbocycles. The van der Waals surface area contributed by atoms with Gasteiger partial charge >= 0.3 is 5.97 Å². The van der Waals surface area contributed by atoms with Crippen molar-refractivity contribution in [2.75, 3.05) is 6.54 Å². The third kappa shape index (κ3) is 8.78. The van der Waals surface area contributed by atoms with Crippen molar-refractivity contribution in [3.05, 3.63) is 28.7 Å². The summed E-state index contributed by atoms with van der Waals surface area (Å²) >= 11 is 5.11. The topological polar surface area (TPSA) is 66.4 Å². The number of nitrogens with one attached hydrogen (secondary N) is 1. The molecule has 0 spiro atoms. The third-order valence-electron chi connectivity index (χ3n) is 2.78. The number of benzene rings is 1. The zero-order valence-electron chi connectivity index (χ0n) is 12.0. The van der Waals surface area contributed by atoms with Gasteiger partial charge in [-0.2, -0.15) is 0 Å². The van der Waals surface area contributed by atoms with Crippen LogP contribution in [0.15, 0.2) is 33.6 Å². The van der Waals surface area contributed by atoms with E-state index >= 15 is 0 Å². The van der Waals surface area contributed by atoms with Gasteiger partial charge < -0.3 is 10.4 Å². The van der Waals surface area contributed by atoms with Crippen LogP contribution in [0.2, 0.25) is 0 Å². The summed E-state index contributed by atoms with van der Waals surface area (Å²) in [6.45, 7) is 2.68. The van der Waals surface area contributed by atoms with Crippen LogP contribution in [0.3, 0.4) is 0 Å². The largest absolute Gasteiger partial charge is 0.481 e. The van der Waals surface area contributed by atoms with Gasteiger partial charge in [0.05, 0.1) is 0 Å². The fourth-order valence-corrected chi connectivity index (χ4v) is 2.88. The predicted octanol–water partition coefficient (Wildman–Crippen LogP) is 3.69. The first-order valence-electron chi connectivity index (χ1n) is 6.88. The van der Waals surface area contributed by atoms with E-state index in [9.17, 15) is 9.59 Å². The normalized spacial score (nSPS) is 11.9. The highest BCUT2D eigenvalue weighted by atomic mass is 79.9. The van der Waals surface area contributed by atoms with E-state index in [0.29, 0.717) is 25.8 Å². The Morgan fingerprint density at radius 1 is 1.24 bits per heavy atom. The fraction of sp³-hybridized carbons (Fsp3) is 0.467. The number of aliphatic carboxylic acids is 1. The Morgan fingerprint density at radius 2 is 1.86 bits per heavy atom. The van der Waals surface area contributed by atoms with Gasteiger partial charge in [-0.25, -0.2) is 0 Å². The molecule has 1 rings (SSSR count). The SMILES string of the molecule is CC(CNC(=O)CCCCC(=O)O)Sc1ccc(Br)cc1. The molecule has 0 aliphatic rings. The molecule has 2 N–H and O–H groups in total. The van der Waals surface area contributed by atoms with Crippen LogP contribution < -0.4 is 5.32 Å². The van der Waals surface area contributed by atoms with Gasteiger partial charge in [-0.1, -0.05) is 22.9 Å². The maximum Gasteiger partial charge on any atom is 0.303 e. The van der Waals surface area contributed by atoms with Crippen LogP contribution in [-0.4, -0.2) is 28.8 Å². The van der Waals surface area contributed by atoms with Crippen LogP contribution in [0.5, 0.6) is 0 Å². The molecule has 0 aromatic heterocycles. The fourth-order valence-electron chi connectivity index (χ4n) is 1.69. The van der Waals surface area contributed by atoms with Gasteiger partial charge in [-0.05, 0) is 37.1 Å². The number of carboxylic acid groups (broad SMARTS) is 1. The molecule has 0 heterocycles. The van der Waals surface area contributed by atoms with E-state index in [1.54, 1.807) is 11.8 Å². The van der Waals surface area contributed by atoms with Gasteiger partial charge in [-0.3, -0.25) is 9.59 Å². The number of rotatable bonds is 9. The van der Waals surface area contributed by atoms with Gasteiger partial charge in [0, 0.05) is 34.0 Å². The molecular formula is C15H20BrNO3S. The van der Waals surface area contributed by atoms with E-state index in [1.807, 2.05) is 24.3 Å². The molecule has 0 saturated carbocycles. The number of amides is 1. The summed E-state index contributed by atoms with van der Waals surface area (Å²) in [7, 11) is 0. The minimum atomic E-state index is -0.810. The molecule has 0 saturated heterocycles. The van der Waals surface area contributed by atoms with Gasteiger partial charge in [-0.15, -0.1) is 11.8 Å². The van der Waals surface area contributed by atoms with E-state index in [0.717, 1.165) is 4.47 Å². The van der Waals surface area contributed by atoms with Crippen LogP contribution in [0.25, 0.3) is 0 Å². The Hall–Kier alpha value is -1.01. The summed E-state index contributed by atoms with van der Waals surface area (Å²) in [6, 6.07) is 8.07. The van der Waals surface area contributed by atoms with Crippen molar-refractivity contribution in [1.29, 1.82) is 0 Å². The zero-order valence-corrected chi connectivity index (χ0v) is 14.4. The first kappa shape index (κ1) is 18.0. The van der Waals surface area contributed by atoms with Crippen molar-refractivity contribution >= 4 is 39.6 Å². The second-order valence-electron chi connectivity index (χ2n) is 4.79. The van der Waals surface area contributed by atoms with Gasteiger partial charge in [0.15, 0.2) is 0 Å². The highest BCUT2D eigenvalue weighted by Crippen LogP contribution is 2.24. The van der Waals surface area contributed by atoms with E-state index in [-0.39, 0.29) is 17.6 Å². The van der Waals surface area contributed by atoms with Gasteiger partial charge in [0.25, 0.3) is 0 Å². The molecule has 0 radical (unpaired) electrons. The lowest BCUT2D eigenvalue weighted by atomic mass is 10.2. The summed E-state index contributed by atoms with van der Waals surface area (Å²) in [5.74, 6) is -0.821. The number of carbonyl (C=O) groups excluding carboxylic acids is 1. The summed E-state index contributed by atoms with van der Waals surface area (Å²) in [5, 5.41) is 11.7. The summed E-state index contributed by atoms with van der Waals surface area (Å²) in [6.07, 6.45) is 1.68. The smallest absolute Gasteiger partial charge is 0.303 e. The molecule has 21 heavy (non-hydrogen) atoms. The van der Waals surface area contributed by atoms with Gasteiger partial charge in [0.1, 0.15) is 0 Å². The molecule has 0 aliphatic heterocycles. The molecule has 1 amide bonds. The molecule has 0 aliphatic carbocycles. The average Bonchev–Trinajstić information content (AvgIpc) is 2.44. The minimum absolute atomic E-state index is 0.0105. The minimum Gasteiger partial charge on any atom is -0.481 e. The number of hydrogen-bond donors (Lipinski definition) is 2. The Morgan fingerprint density at radius 3 is 2.48 bits per heavy atom. The van der Waals surface area contributed by atoms with Crippen LogP contribution in [0.4, 0.5) is 0 Å². The van der Waals surface area contributed by atoms with E-state index in [2.05, 4.69) is 28.2 Å². The summed E-state index contributed by atoms with van der Waals surface area (Å²) < 4.78 is 1.05. The molecule has 116 valence electrons. The number of carboxylic acids is 1. The summed E-state index contributed by atoms with van der Waals surface area (Å²) in [4.78, 5) is 23.1. The predicted molar refractivity (Wildman–Crippen MR) is 88.6 cm³/mol. The Labute approximate surface area is 137 Å². The maximum absolute atomic E-state index is 11.6. The molecule has 1 unspecified atom stereocenters. The highest BCUT2D eigenvalue weighted by Gasteiger charge is 2.07. The zero-order chi connectivity index (χ0) is 15.7. The van der Waals surface area contributed by atoms with E-state index in [4.69, 9.17) is 5.11 Å². The van der Waals surface area contributed by atoms with Crippen molar-refractivity contribution in [3.63, 3.8) is 0 Å². The second-order valence-corrected chi connectivity index (χ2v) is 7.21. The number of thioether (sulfide) groups is 1. The number of unbranched alkanes of at least 4 members (excludes halogenated alkanes) is 1. The van der Waals surface area contributed by atoms with Crippen molar-refractivity contribution in [3.8, 4) is 0 Å². The standard InChI is InChI=1S/C15H20BrNO3S/c1-11(21-13-8-6-12(16)7-9-13)10-17-14(18)4-2-3-5-15(19)20/h6-9,11H,2-5,10H2,1H3,(H,17,18)(H,19,20). The van der Waals surface area contributed by atoms with Crippen molar-refractivity contribution in [1.82, 2.24) is 5.32 Å². The summed E-state index contributed by atoms with van der Waals surface area (Å²) in [5.41, 5.74) is 0. The lowest BCUT2D eigenvalue weighted by molar-refractivity contribution is -0.137. The molecule has 6 heteroatoms. The van der Waals surface area contributed by atoms with Crippen molar-refractivity contribution in [2.24, 2.45) is 0 Å².